The summed E-state index contributed by atoms with van der Waals surface area (Å²) in [7, 11) is 1.51. The number of halogens is 2. The highest BCUT2D eigenvalue weighted by Crippen LogP contribution is 2.22. The maximum atomic E-state index is 13.4. The molecular weight excluding hydrogens is 403 g/mol. The first-order valence-corrected chi connectivity index (χ1v) is 9.57. The van der Waals surface area contributed by atoms with Crippen molar-refractivity contribution in [2.24, 2.45) is 0 Å². The SMILES string of the molecule is COc1cccc(-n2c(=O)c3sccc3n(Cc3ccc(F)cc3Cl)c2=O)c1. The molecule has 0 amide bonds. The summed E-state index contributed by atoms with van der Waals surface area (Å²) in [4.78, 5) is 26.2. The fourth-order valence-electron chi connectivity index (χ4n) is 3.04. The minimum atomic E-state index is -0.510. The number of benzene rings is 2. The van der Waals surface area contributed by atoms with Gasteiger partial charge in [-0.3, -0.25) is 9.36 Å². The highest BCUT2D eigenvalue weighted by Gasteiger charge is 2.17. The zero-order chi connectivity index (χ0) is 19.8. The molecule has 0 spiro atoms. The minimum absolute atomic E-state index is 0.107. The van der Waals surface area contributed by atoms with Crippen molar-refractivity contribution < 1.29 is 9.13 Å². The molecule has 4 rings (SSSR count). The van der Waals surface area contributed by atoms with E-state index in [1.165, 1.54) is 41.2 Å². The van der Waals surface area contributed by atoms with Gasteiger partial charge in [0, 0.05) is 11.1 Å². The lowest BCUT2D eigenvalue weighted by Gasteiger charge is -2.13. The van der Waals surface area contributed by atoms with E-state index in [0.29, 0.717) is 27.2 Å². The summed E-state index contributed by atoms with van der Waals surface area (Å²) in [5.41, 5.74) is 0.589. The second-order valence-electron chi connectivity index (χ2n) is 6.08. The molecular formula is C20H14ClFN2O3S. The van der Waals surface area contributed by atoms with Gasteiger partial charge in [-0.2, -0.15) is 0 Å². The molecule has 8 heteroatoms. The number of fused-ring (bicyclic) bond motifs is 1. The quantitative estimate of drug-likeness (QED) is 0.504. The number of nitrogens with zero attached hydrogens (tertiary/aromatic N) is 2. The van der Waals surface area contributed by atoms with Gasteiger partial charge >= 0.3 is 5.69 Å². The fourth-order valence-corrected chi connectivity index (χ4v) is 4.09. The van der Waals surface area contributed by atoms with Crippen LogP contribution >= 0.6 is 22.9 Å². The third-order valence-electron chi connectivity index (χ3n) is 4.41. The van der Waals surface area contributed by atoms with Crippen molar-refractivity contribution in [2.45, 2.75) is 6.54 Å². The van der Waals surface area contributed by atoms with Crippen molar-refractivity contribution in [3.05, 3.63) is 91.2 Å². The van der Waals surface area contributed by atoms with Gasteiger partial charge in [0.05, 0.1) is 24.9 Å². The summed E-state index contributed by atoms with van der Waals surface area (Å²) in [6.45, 7) is 0.107. The van der Waals surface area contributed by atoms with Crippen LogP contribution < -0.4 is 16.0 Å². The zero-order valence-electron chi connectivity index (χ0n) is 14.7. The summed E-state index contributed by atoms with van der Waals surface area (Å²) in [6, 6.07) is 12.5. The van der Waals surface area contributed by atoms with Crippen molar-refractivity contribution in [1.29, 1.82) is 0 Å². The Balaban J connectivity index is 1.98. The molecule has 0 fully saturated rings. The lowest BCUT2D eigenvalue weighted by atomic mass is 10.2. The minimum Gasteiger partial charge on any atom is -0.497 e. The van der Waals surface area contributed by atoms with Crippen LogP contribution in [-0.2, 0) is 6.54 Å². The normalized spacial score (nSPS) is 11.1. The fraction of sp³-hybridized carbons (Fsp3) is 0.100. The van der Waals surface area contributed by atoms with Crippen LogP contribution in [0.1, 0.15) is 5.56 Å². The summed E-state index contributed by atoms with van der Waals surface area (Å²) < 4.78 is 21.6. The number of ether oxygens (including phenoxy) is 1. The molecule has 5 nitrogen and oxygen atoms in total. The topological polar surface area (TPSA) is 53.2 Å². The Labute approximate surface area is 167 Å². The molecule has 2 aromatic heterocycles. The first-order chi connectivity index (χ1) is 13.5. The first kappa shape index (κ1) is 18.5. The predicted molar refractivity (Wildman–Crippen MR) is 109 cm³/mol. The Morgan fingerprint density at radius 1 is 1.14 bits per heavy atom. The van der Waals surface area contributed by atoms with E-state index < -0.39 is 17.1 Å². The van der Waals surface area contributed by atoms with Crippen LogP contribution in [0.5, 0.6) is 5.75 Å². The van der Waals surface area contributed by atoms with Gasteiger partial charge in [-0.15, -0.1) is 11.3 Å². The molecule has 0 unspecified atom stereocenters. The third kappa shape index (κ3) is 3.12. The molecule has 0 bridgehead atoms. The van der Waals surface area contributed by atoms with E-state index in [2.05, 4.69) is 0 Å². The smallest absolute Gasteiger partial charge is 0.336 e. The Hall–Kier alpha value is -2.90. The first-order valence-electron chi connectivity index (χ1n) is 8.31. The Morgan fingerprint density at radius 3 is 2.71 bits per heavy atom. The second kappa shape index (κ2) is 7.26. The van der Waals surface area contributed by atoms with Crippen molar-refractivity contribution in [3.63, 3.8) is 0 Å². The van der Waals surface area contributed by atoms with Crippen LogP contribution in [0, 0.1) is 5.82 Å². The molecule has 4 aromatic rings. The number of methoxy groups -OCH3 is 1. The average molecular weight is 417 g/mol. The molecule has 2 heterocycles. The van der Waals surface area contributed by atoms with Crippen LogP contribution in [0.15, 0.2) is 63.5 Å². The molecule has 0 N–H and O–H groups in total. The van der Waals surface area contributed by atoms with E-state index in [1.54, 1.807) is 35.7 Å². The summed E-state index contributed by atoms with van der Waals surface area (Å²) >= 11 is 7.40. The Kier molecular flexibility index (Phi) is 4.78. The number of aromatic nitrogens is 2. The van der Waals surface area contributed by atoms with E-state index >= 15 is 0 Å². The lowest BCUT2D eigenvalue weighted by molar-refractivity contribution is 0.414. The third-order valence-corrected chi connectivity index (χ3v) is 5.65. The molecule has 0 radical (unpaired) electrons. The van der Waals surface area contributed by atoms with Crippen molar-refractivity contribution in [2.75, 3.05) is 7.11 Å². The molecule has 0 atom stereocenters. The standard InChI is InChI=1S/C20H14ClFN2O3S/c1-27-15-4-2-3-14(10-15)24-19(25)18-17(7-8-28-18)23(20(24)26)11-12-5-6-13(22)9-16(12)21/h2-10H,11H2,1H3. The number of hydrogen-bond acceptors (Lipinski definition) is 4. The summed E-state index contributed by atoms with van der Waals surface area (Å²) in [6.07, 6.45) is 0. The van der Waals surface area contributed by atoms with Gasteiger partial charge in [-0.1, -0.05) is 23.7 Å². The van der Waals surface area contributed by atoms with Gasteiger partial charge < -0.3 is 4.74 Å². The van der Waals surface area contributed by atoms with Crippen LogP contribution in [0.4, 0.5) is 4.39 Å². The molecule has 142 valence electrons. The molecule has 0 aliphatic heterocycles. The predicted octanol–water partition coefficient (Wildman–Crippen LogP) is 4.06. The largest absolute Gasteiger partial charge is 0.497 e. The molecule has 2 aromatic carbocycles. The lowest BCUT2D eigenvalue weighted by Crippen LogP contribution is -2.38. The number of rotatable bonds is 4. The van der Waals surface area contributed by atoms with Crippen LogP contribution in [0.3, 0.4) is 0 Å². The Bertz CT molecular complexity index is 1310. The van der Waals surface area contributed by atoms with Gasteiger partial charge in [0.1, 0.15) is 16.3 Å². The van der Waals surface area contributed by atoms with Gasteiger partial charge in [-0.25, -0.2) is 13.8 Å². The van der Waals surface area contributed by atoms with Crippen molar-refractivity contribution in [1.82, 2.24) is 9.13 Å². The van der Waals surface area contributed by atoms with Gasteiger partial charge in [0.25, 0.3) is 5.56 Å². The van der Waals surface area contributed by atoms with Crippen LogP contribution in [0.2, 0.25) is 5.02 Å². The van der Waals surface area contributed by atoms with Crippen molar-refractivity contribution in [3.8, 4) is 11.4 Å². The maximum Gasteiger partial charge on any atom is 0.336 e. The highest BCUT2D eigenvalue weighted by molar-refractivity contribution is 7.17. The van der Waals surface area contributed by atoms with E-state index in [0.717, 1.165) is 4.57 Å². The second-order valence-corrected chi connectivity index (χ2v) is 7.40. The summed E-state index contributed by atoms with van der Waals surface area (Å²) in [5, 5.41) is 1.97. The van der Waals surface area contributed by atoms with Gasteiger partial charge in [0.2, 0.25) is 0 Å². The highest BCUT2D eigenvalue weighted by atomic mass is 35.5. The average Bonchev–Trinajstić information content (AvgIpc) is 3.17. The zero-order valence-corrected chi connectivity index (χ0v) is 16.3. The number of hydrogen-bond donors (Lipinski definition) is 0. The van der Waals surface area contributed by atoms with Crippen LogP contribution in [0.25, 0.3) is 15.9 Å². The molecule has 28 heavy (non-hydrogen) atoms. The molecule has 0 aliphatic rings. The van der Waals surface area contributed by atoms with E-state index in [4.69, 9.17) is 16.3 Å². The Morgan fingerprint density at radius 2 is 1.96 bits per heavy atom. The molecule has 0 saturated carbocycles. The van der Waals surface area contributed by atoms with Crippen molar-refractivity contribution >= 4 is 33.2 Å². The van der Waals surface area contributed by atoms with E-state index in [1.807, 2.05) is 0 Å². The molecule has 0 saturated heterocycles. The van der Waals surface area contributed by atoms with Gasteiger partial charge in [-0.05, 0) is 41.3 Å². The maximum absolute atomic E-state index is 13.4. The monoisotopic (exact) mass is 416 g/mol. The number of thiophene rings is 1. The summed E-state index contributed by atoms with van der Waals surface area (Å²) in [5.74, 6) is 0.0753. The molecule has 0 aliphatic carbocycles. The van der Waals surface area contributed by atoms with E-state index in [9.17, 15) is 14.0 Å². The van der Waals surface area contributed by atoms with E-state index in [-0.39, 0.29) is 11.6 Å². The van der Waals surface area contributed by atoms with Crippen LogP contribution in [-0.4, -0.2) is 16.2 Å². The van der Waals surface area contributed by atoms with Gasteiger partial charge in [0.15, 0.2) is 0 Å².